The first-order valence-electron chi connectivity index (χ1n) is 8.93. The van der Waals surface area contributed by atoms with Crippen molar-refractivity contribution in [1.82, 2.24) is 15.0 Å². The van der Waals surface area contributed by atoms with Crippen LogP contribution < -0.4 is 5.32 Å². The Hall–Kier alpha value is -3.38. The Balaban J connectivity index is 1.70. The van der Waals surface area contributed by atoms with Crippen LogP contribution in [0.25, 0.3) is 22.0 Å². The van der Waals surface area contributed by atoms with Crippen LogP contribution in [0.5, 0.6) is 0 Å². The Morgan fingerprint density at radius 2 is 1.79 bits per heavy atom. The van der Waals surface area contributed by atoms with Gasteiger partial charge < -0.3 is 5.32 Å². The molecular weight excluding hydrogens is 391 g/mol. The molecule has 5 nitrogen and oxygen atoms in total. The minimum Gasteiger partial charge on any atom is -0.377 e. The molecule has 2 heterocycles. The first-order valence-corrected chi connectivity index (χ1v) is 9.31. The highest BCUT2D eigenvalue weighted by molar-refractivity contribution is 6.34. The topological polar surface area (TPSA) is 67.8 Å². The molecule has 0 saturated heterocycles. The molecule has 0 unspecified atom stereocenters. The SMILES string of the molecule is C[C@@H](Nc1c(Cl)cnc2ccccc12)c1cc(-c2cnc(C=O)nc2)ccc1F. The molecule has 2 aromatic carbocycles. The Morgan fingerprint density at radius 3 is 2.55 bits per heavy atom. The Kier molecular flexibility index (Phi) is 5.18. The number of carbonyl (C=O) groups is 1. The van der Waals surface area contributed by atoms with Gasteiger partial charge in [0.2, 0.25) is 0 Å². The van der Waals surface area contributed by atoms with E-state index in [4.69, 9.17) is 11.6 Å². The van der Waals surface area contributed by atoms with Crippen LogP contribution in [0, 0.1) is 5.82 Å². The van der Waals surface area contributed by atoms with Crippen LogP contribution in [-0.4, -0.2) is 21.2 Å². The zero-order valence-electron chi connectivity index (χ0n) is 15.4. The molecule has 1 N–H and O–H groups in total. The molecule has 0 spiro atoms. The van der Waals surface area contributed by atoms with Gasteiger partial charge >= 0.3 is 0 Å². The van der Waals surface area contributed by atoms with Gasteiger partial charge in [0.25, 0.3) is 0 Å². The fraction of sp³-hybridized carbons (Fsp3) is 0.0909. The van der Waals surface area contributed by atoms with Crippen molar-refractivity contribution in [3.05, 3.63) is 83.3 Å². The van der Waals surface area contributed by atoms with Gasteiger partial charge in [-0.1, -0.05) is 35.9 Å². The van der Waals surface area contributed by atoms with Crippen LogP contribution in [0.3, 0.4) is 0 Å². The van der Waals surface area contributed by atoms with Gasteiger partial charge in [-0.25, -0.2) is 14.4 Å². The third-order valence-electron chi connectivity index (χ3n) is 4.66. The van der Waals surface area contributed by atoms with Crippen molar-refractivity contribution in [2.45, 2.75) is 13.0 Å². The van der Waals surface area contributed by atoms with E-state index in [1.807, 2.05) is 31.2 Å². The summed E-state index contributed by atoms with van der Waals surface area (Å²) in [6, 6.07) is 12.0. The molecule has 0 aliphatic carbocycles. The smallest absolute Gasteiger partial charge is 0.192 e. The molecule has 4 aromatic rings. The molecule has 2 aromatic heterocycles. The number of nitrogens with one attached hydrogen (secondary N) is 1. The molecule has 0 aliphatic heterocycles. The van der Waals surface area contributed by atoms with E-state index in [0.29, 0.717) is 28.1 Å². The summed E-state index contributed by atoms with van der Waals surface area (Å²) in [5.41, 5.74) is 3.41. The highest BCUT2D eigenvalue weighted by Gasteiger charge is 2.16. The Morgan fingerprint density at radius 1 is 1.03 bits per heavy atom. The van der Waals surface area contributed by atoms with Gasteiger partial charge in [-0.3, -0.25) is 9.78 Å². The highest BCUT2D eigenvalue weighted by Crippen LogP contribution is 2.34. The predicted molar refractivity (Wildman–Crippen MR) is 112 cm³/mol. The lowest BCUT2D eigenvalue weighted by Gasteiger charge is -2.19. The number of anilines is 1. The number of benzene rings is 2. The molecule has 144 valence electrons. The molecule has 1 atom stereocenters. The van der Waals surface area contributed by atoms with Crippen molar-refractivity contribution in [2.75, 3.05) is 5.32 Å². The highest BCUT2D eigenvalue weighted by atomic mass is 35.5. The van der Waals surface area contributed by atoms with Gasteiger partial charge in [0.05, 0.1) is 22.3 Å². The maximum Gasteiger partial charge on any atom is 0.192 e. The number of rotatable bonds is 5. The number of hydrogen-bond acceptors (Lipinski definition) is 5. The summed E-state index contributed by atoms with van der Waals surface area (Å²) >= 11 is 6.37. The van der Waals surface area contributed by atoms with Crippen LogP contribution in [0.15, 0.2) is 61.1 Å². The lowest BCUT2D eigenvalue weighted by Crippen LogP contribution is -2.10. The molecule has 0 aliphatic rings. The van der Waals surface area contributed by atoms with E-state index in [0.717, 1.165) is 16.5 Å². The first-order chi connectivity index (χ1) is 14.1. The van der Waals surface area contributed by atoms with Crippen LogP contribution >= 0.6 is 11.6 Å². The summed E-state index contributed by atoms with van der Waals surface area (Å²) in [4.78, 5) is 23.0. The Bertz CT molecular complexity index is 1200. The number of carbonyl (C=O) groups excluding carboxylic acids is 1. The van der Waals surface area contributed by atoms with E-state index in [-0.39, 0.29) is 17.7 Å². The van der Waals surface area contributed by atoms with E-state index < -0.39 is 0 Å². The molecule has 0 radical (unpaired) electrons. The number of hydrogen-bond donors (Lipinski definition) is 1. The number of fused-ring (bicyclic) bond motifs is 1. The van der Waals surface area contributed by atoms with Crippen molar-refractivity contribution in [2.24, 2.45) is 0 Å². The number of nitrogens with zero attached hydrogens (tertiary/aromatic N) is 3. The minimum absolute atomic E-state index is 0.102. The van der Waals surface area contributed by atoms with E-state index in [2.05, 4.69) is 20.3 Å². The average molecular weight is 407 g/mol. The standard InChI is InChI=1S/C22H16ClFN4O/c1-13(28-22-16-4-2-3-5-20(16)25-11-18(22)23)17-8-14(6-7-19(17)24)15-9-26-21(12-29)27-10-15/h2-13H,1H3,(H,25,28)/t13-/m1/s1. The normalized spacial score (nSPS) is 12.0. The quantitative estimate of drug-likeness (QED) is 0.445. The van der Waals surface area contributed by atoms with Crippen LogP contribution in [0.1, 0.15) is 29.1 Å². The minimum atomic E-state index is -0.367. The Labute approximate surface area is 171 Å². The van der Waals surface area contributed by atoms with Crippen molar-refractivity contribution in [3.63, 3.8) is 0 Å². The summed E-state index contributed by atoms with van der Waals surface area (Å²) in [5, 5.41) is 4.64. The van der Waals surface area contributed by atoms with Gasteiger partial charge in [-0.05, 0) is 30.7 Å². The summed E-state index contributed by atoms with van der Waals surface area (Å²) < 4.78 is 14.6. The van der Waals surface area contributed by atoms with Crippen molar-refractivity contribution >= 4 is 34.5 Å². The van der Waals surface area contributed by atoms with Crippen molar-refractivity contribution in [3.8, 4) is 11.1 Å². The molecule has 29 heavy (non-hydrogen) atoms. The van der Waals surface area contributed by atoms with Gasteiger partial charge in [0.1, 0.15) is 5.82 Å². The van der Waals surface area contributed by atoms with Crippen molar-refractivity contribution in [1.29, 1.82) is 0 Å². The average Bonchev–Trinajstić information content (AvgIpc) is 2.76. The lowest BCUT2D eigenvalue weighted by atomic mass is 10.0. The fourth-order valence-electron chi connectivity index (χ4n) is 3.16. The van der Waals surface area contributed by atoms with Crippen LogP contribution in [0.2, 0.25) is 5.02 Å². The molecule has 7 heteroatoms. The third kappa shape index (κ3) is 3.79. The summed E-state index contributed by atoms with van der Waals surface area (Å²) in [7, 11) is 0. The van der Waals surface area contributed by atoms with Crippen LogP contribution in [-0.2, 0) is 0 Å². The summed E-state index contributed by atoms with van der Waals surface area (Å²) in [6.45, 7) is 1.86. The van der Waals surface area contributed by atoms with Crippen LogP contribution in [0.4, 0.5) is 10.1 Å². The monoisotopic (exact) mass is 406 g/mol. The number of aldehydes is 1. The maximum atomic E-state index is 14.6. The molecule has 4 rings (SSSR count). The third-order valence-corrected chi connectivity index (χ3v) is 4.95. The summed E-state index contributed by atoms with van der Waals surface area (Å²) in [6.07, 6.45) is 5.24. The number of aromatic nitrogens is 3. The number of para-hydroxylation sites is 1. The fourth-order valence-corrected chi connectivity index (χ4v) is 3.37. The van der Waals surface area contributed by atoms with Gasteiger partial charge in [0.15, 0.2) is 12.1 Å². The molecule has 0 bridgehead atoms. The van der Waals surface area contributed by atoms with E-state index in [1.54, 1.807) is 30.7 Å². The maximum absolute atomic E-state index is 14.6. The zero-order chi connectivity index (χ0) is 20.4. The predicted octanol–water partition coefficient (Wildman–Crippen LogP) is 5.47. The van der Waals surface area contributed by atoms with E-state index in [9.17, 15) is 9.18 Å². The zero-order valence-corrected chi connectivity index (χ0v) is 16.2. The lowest BCUT2D eigenvalue weighted by molar-refractivity contribution is 0.111. The van der Waals surface area contributed by atoms with E-state index >= 15 is 0 Å². The summed E-state index contributed by atoms with van der Waals surface area (Å²) in [5.74, 6) is -0.237. The van der Waals surface area contributed by atoms with E-state index in [1.165, 1.54) is 6.07 Å². The second-order valence-corrected chi connectivity index (χ2v) is 6.96. The number of pyridine rings is 1. The molecule has 0 fully saturated rings. The molecule has 0 saturated carbocycles. The number of halogens is 2. The molecular formula is C22H16ClFN4O. The second kappa shape index (κ2) is 7.93. The second-order valence-electron chi connectivity index (χ2n) is 6.55. The largest absolute Gasteiger partial charge is 0.377 e. The van der Waals surface area contributed by atoms with Gasteiger partial charge in [-0.2, -0.15) is 0 Å². The van der Waals surface area contributed by atoms with Gasteiger partial charge in [-0.15, -0.1) is 0 Å². The van der Waals surface area contributed by atoms with Crippen molar-refractivity contribution < 1.29 is 9.18 Å². The molecule has 0 amide bonds. The first kappa shape index (κ1) is 19.0. The van der Waals surface area contributed by atoms with Gasteiger partial charge in [0, 0.05) is 35.1 Å².